The fraction of sp³-hybridized carbons (Fsp3) is 0.327. The molecule has 3 aromatic heterocycles. The van der Waals surface area contributed by atoms with Crippen LogP contribution in [-0.2, 0) is 23.2 Å². The predicted molar refractivity (Wildman–Crippen MR) is 255 cm³/mol. The number of aryl methyl sites for hydroxylation is 1. The largest absolute Gasteiger partial charge is 1.00 e. The number of carbonyl (C=O) groups excluding carboxylic acids is 3. The summed E-state index contributed by atoms with van der Waals surface area (Å²) in [5.41, 5.74) is 12.9. The molecule has 0 aliphatic carbocycles. The average Bonchev–Trinajstić information content (AvgIpc) is 3.56. The van der Waals surface area contributed by atoms with Crippen LogP contribution >= 0.6 is 0 Å². The number of piperidine rings is 3. The van der Waals surface area contributed by atoms with Gasteiger partial charge >= 0.3 is 57.1 Å². The minimum Gasteiger partial charge on any atom is -0.384 e. The van der Waals surface area contributed by atoms with Crippen LogP contribution in [0.15, 0.2) is 102 Å². The molecule has 3 amide bonds. The molecule has 3 saturated heterocycles. The van der Waals surface area contributed by atoms with E-state index in [1.54, 1.807) is 84.8 Å². The van der Waals surface area contributed by atoms with E-state index < -0.39 is 30.3 Å². The number of rotatable bonds is 11. The number of fused-ring (bicyclic) bond motifs is 1. The van der Waals surface area contributed by atoms with Gasteiger partial charge in [0.2, 0.25) is 11.8 Å². The van der Waals surface area contributed by atoms with E-state index in [-0.39, 0.29) is 102 Å². The Morgan fingerprint density at radius 2 is 1.65 bits per heavy atom. The molecule has 0 spiro atoms. The fourth-order valence-electron chi connectivity index (χ4n) is 9.69. The SMILES string of the molecule is CN(C(=O)c1ccc(C2CCN(C[C-]=Cc3[c-]nccc3-c3ccc(N)nc3)CC2)cc1)c1ccc(C2CCN(Cc3ccc4c(c3)n(C)c(=O)n4C3CCC(=O)NC3=O)CC2(F)F)cc1.[CH3-].[K+]. The molecule has 13 nitrogen and oxygen atoms in total. The number of benzene rings is 3. The zero-order valence-corrected chi connectivity index (χ0v) is 42.0. The molecule has 3 fully saturated rings. The average molecular weight is 946 g/mol. The smallest absolute Gasteiger partial charge is 0.384 e. The van der Waals surface area contributed by atoms with Crippen LogP contribution in [0, 0.1) is 19.7 Å². The maximum atomic E-state index is 15.9. The molecule has 0 saturated carbocycles. The van der Waals surface area contributed by atoms with E-state index in [0.717, 1.165) is 48.2 Å². The van der Waals surface area contributed by atoms with E-state index in [2.05, 4.69) is 32.5 Å². The minimum absolute atomic E-state index is 0. The summed E-state index contributed by atoms with van der Waals surface area (Å²) in [6, 6.07) is 24.9. The minimum atomic E-state index is -3.01. The normalized spacial score (nSPS) is 19.1. The van der Waals surface area contributed by atoms with E-state index in [1.807, 2.05) is 42.5 Å². The first-order chi connectivity index (χ1) is 31.8. The quantitative estimate of drug-likeness (QED) is 0.111. The topological polar surface area (TPSA) is 152 Å². The van der Waals surface area contributed by atoms with Crippen LogP contribution in [0.3, 0.4) is 0 Å². The summed E-state index contributed by atoms with van der Waals surface area (Å²) in [6.45, 7) is 2.81. The van der Waals surface area contributed by atoms with Crippen LogP contribution in [0.5, 0.6) is 0 Å². The first-order valence-corrected chi connectivity index (χ1v) is 22.3. The molecule has 3 aromatic carbocycles. The number of hydrogen-bond acceptors (Lipinski definition) is 9. The third-order valence-electron chi connectivity index (χ3n) is 13.4. The maximum absolute atomic E-state index is 15.9. The van der Waals surface area contributed by atoms with Crippen LogP contribution in [0.4, 0.5) is 20.3 Å². The number of anilines is 2. The van der Waals surface area contributed by atoms with Gasteiger partial charge in [0.1, 0.15) is 11.9 Å². The second kappa shape index (κ2) is 21.6. The summed E-state index contributed by atoms with van der Waals surface area (Å²) in [5.74, 6) is -4.21. The van der Waals surface area contributed by atoms with Gasteiger partial charge in [0.25, 0.3) is 11.8 Å². The molecule has 3 N–H and O–H groups in total. The first-order valence-electron chi connectivity index (χ1n) is 22.3. The monoisotopic (exact) mass is 945 g/mol. The Kier molecular flexibility index (Phi) is 16.1. The first kappa shape index (κ1) is 50.7. The summed E-state index contributed by atoms with van der Waals surface area (Å²) < 4.78 is 34.6. The zero-order chi connectivity index (χ0) is 46.1. The van der Waals surface area contributed by atoms with Crippen molar-refractivity contribution in [1.29, 1.82) is 0 Å². The Hall–Kier alpha value is -5.20. The van der Waals surface area contributed by atoms with Gasteiger partial charge in [-0.1, -0.05) is 54.7 Å². The van der Waals surface area contributed by atoms with E-state index in [4.69, 9.17) is 5.73 Å². The van der Waals surface area contributed by atoms with Crippen LogP contribution in [0.1, 0.15) is 82.6 Å². The molecule has 2 atom stereocenters. The molecule has 348 valence electrons. The molecule has 68 heavy (non-hydrogen) atoms. The number of hydrogen-bond donors (Lipinski definition) is 2. The molecular weight excluding hydrogens is 892 g/mol. The van der Waals surface area contributed by atoms with Crippen molar-refractivity contribution in [2.75, 3.05) is 50.4 Å². The number of halogens is 2. The van der Waals surface area contributed by atoms with Crippen LogP contribution in [0.25, 0.3) is 28.2 Å². The number of nitrogens with one attached hydrogen (secondary N) is 1. The van der Waals surface area contributed by atoms with Gasteiger partial charge in [0.15, 0.2) is 0 Å². The van der Waals surface area contributed by atoms with E-state index in [9.17, 15) is 19.2 Å². The van der Waals surface area contributed by atoms with Crippen molar-refractivity contribution >= 4 is 46.3 Å². The molecule has 3 aliphatic heterocycles. The second-order valence-corrected chi connectivity index (χ2v) is 17.6. The van der Waals surface area contributed by atoms with Gasteiger partial charge in [-0.2, -0.15) is 5.56 Å². The third kappa shape index (κ3) is 10.8. The summed E-state index contributed by atoms with van der Waals surface area (Å²) in [6.07, 6.45) is 14.5. The number of nitrogens with zero attached hydrogens (tertiary/aromatic N) is 7. The van der Waals surface area contributed by atoms with Crippen molar-refractivity contribution in [3.8, 4) is 11.1 Å². The Bertz CT molecular complexity index is 2860. The number of likely N-dealkylation sites (tertiary alicyclic amines) is 2. The Morgan fingerprint density at radius 1 is 0.926 bits per heavy atom. The van der Waals surface area contributed by atoms with Gasteiger partial charge in [0, 0.05) is 44.5 Å². The molecule has 6 aromatic rings. The second-order valence-electron chi connectivity index (χ2n) is 17.6. The van der Waals surface area contributed by atoms with Crippen molar-refractivity contribution in [3.63, 3.8) is 0 Å². The van der Waals surface area contributed by atoms with E-state index >= 15 is 8.78 Å². The molecular formula is C52H54F2KN9O4-2. The van der Waals surface area contributed by atoms with Crippen LogP contribution in [0.2, 0.25) is 0 Å². The summed E-state index contributed by atoms with van der Waals surface area (Å²) in [7, 11) is 3.31. The summed E-state index contributed by atoms with van der Waals surface area (Å²) in [4.78, 5) is 65.1. The molecule has 3 aliphatic rings. The number of alkyl halides is 2. The molecule has 0 radical (unpaired) electrons. The number of aromatic nitrogens is 4. The van der Waals surface area contributed by atoms with Gasteiger partial charge in [0.05, 0.1) is 23.5 Å². The number of amides is 3. The number of imide groups is 1. The number of pyridine rings is 2. The maximum Gasteiger partial charge on any atom is 1.00 e. The third-order valence-corrected chi connectivity index (χ3v) is 13.4. The van der Waals surface area contributed by atoms with Crippen molar-refractivity contribution in [2.45, 2.75) is 62.4 Å². The van der Waals surface area contributed by atoms with Crippen molar-refractivity contribution in [2.24, 2.45) is 7.05 Å². The fourth-order valence-corrected chi connectivity index (χ4v) is 9.69. The summed E-state index contributed by atoms with van der Waals surface area (Å²) >= 11 is 0. The van der Waals surface area contributed by atoms with Crippen molar-refractivity contribution in [1.82, 2.24) is 34.2 Å². The zero-order valence-electron chi connectivity index (χ0n) is 38.9. The van der Waals surface area contributed by atoms with Crippen LogP contribution < -0.4 is 73.0 Å². The van der Waals surface area contributed by atoms with Crippen LogP contribution in [-0.4, -0.2) is 92.3 Å². The standard InChI is InChI=1S/C51H51F2N9O4.CH3.K/c1-58(49(65)37-8-6-34(7-9-37)35-20-25-60(26-21-35)24-3-4-38-29-55-23-19-41(38)39-12-17-46(54)56-30-39)40-13-10-36(11-14-40)42-22-27-61(32-51(42,52)53)31-33-5-15-43-45(28-33)59(2)50(66)62(43)44-16-18-47(63)57-48(44)64;;/h4-15,17,19,23,28,30,35,42,44H,16,18,20-22,24-27,31-32H2,1-2H3,(H2,54,56)(H,57,63,64);1H3;/q-2;-1;+1. The van der Waals surface area contributed by atoms with Gasteiger partial charge < -0.3 is 40.1 Å². The van der Waals surface area contributed by atoms with E-state index in [0.29, 0.717) is 52.7 Å². The predicted octanol–water partition coefficient (Wildman–Crippen LogP) is 4.21. The number of carbonyl (C=O) groups is 3. The Morgan fingerprint density at radius 3 is 2.34 bits per heavy atom. The molecule has 16 heteroatoms. The number of nitrogens with two attached hydrogens (primary N) is 1. The Labute approximate surface area is 437 Å². The molecule has 9 rings (SSSR count). The van der Waals surface area contributed by atoms with E-state index in [1.165, 1.54) is 14.7 Å². The Balaban J connectivity index is 0.00000342. The molecule has 2 unspecified atom stereocenters. The van der Waals surface area contributed by atoms with Crippen molar-refractivity contribution in [3.05, 3.63) is 155 Å². The summed E-state index contributed by atoms with van der Waals surface area (Å²) in [5, 5.41) is 2.31. The van der Waals surface area contributed by atoms with Crippen molar-refractivity contribution < 1.29 is 74.5 Å². The molecule has 6 heterocycles. The number of nitrogen functional groups attached to an aromatic ring is 1. The van der Waals surface area contributed by atoms with Gasteiger partial charge in [-0.15, -0.1) is 12.3 Å². The van der Waals surface area contributed by atoms with Gasteiger partial charge in [-0.25, -0.2) is 18.6 Å². The van der Waals surface area contributed by atoms with Gasteiger partial charge in [-0.3, -0.25) is 39.3 Å². The van der Waals surface area contributed by atoms with Gasteiger partial charge in [-0.05, 0) is 110 Å². The number of imidazole rings is 1. The molecule has 0 bridgehead atoms.